The molecule has 1 aromatic carbocycles. The third-order valence-electron chi connectivity index (χ3n) is 5.16. The second-order valence-corrected chi connectivity index (χ2v) is 6.78. The molecule has 0 saturated carbocycles. The molecular weight excluding hydrogens is 258 g/mol. The molecule has 2 saturated heterocycles. The topological polar surface area (TPSA) is 32.5 Å². The van der Waals surface area contributed by atoms with Crippen LogP contribution in [0.1, 0.15) is 37.3 Å². The zero-order valence-corrected chi connectivity index (χ0v) is 13.3. The first-order valence-corrected chi connectivity index (χ1v) is 8.52. The first kappa shape index (κ1) is 15.0. The molecule has 2 aliphatic heterocycles. The van der Waals surface area contributed by atoms with Crippen LogP contribution in [0.15, 0.2) is 24.3 Å². The number of fused-ring (bicyclic) bond motifs is 1. The van der Waals surface area contributed by atoms with Crippen LogP contribution in [0.3, 0.4) is 0 Å². The third kappa shape index (κ3) is 3.65. The number of piperazine rings is 1. The van der Waals surface area contributed by atoms with Gasteiger partial charge in [-0.2, -0.15) is 0 Å². The van der Waals surface area contributed by atoms with Crippen molar-refractivity contribution in [1.29, 1.82) is 0 Å². The molecule has 3 nitrogen and oxygen atoms in total. The molecule has 2 atom stereocenters. The summed E-state index contributed by atoms with van der Waals surface area (Å²) in [6.45, 7) is 8.01. The van der Waals surface area contributed by atoms with E-state index in [0.717, 1.165) is 25.6 Å². The average Bonchev–Trinajstić information content (AvgIpc) is 2.50. The lowest BCUT2D eigenvalue weighted by Crippen LogP contribution is -2.58. The standard InChI is InChI=1S/C18H29N3/c1-15-12-20-11-3-2-4-18(20)14-21(15)13-17-7-5-16(6-8-17)9-10-19/h5-8,15,18H,2-4,9-14,19H2,1H3. The van der Waals surface area contributed by atoms with Crippen molar-refractivity contribution in [3.05, 3.63) is 35.4 Å². The van der Waals surface area contributed by atoms with Gasteiger partial charge < -0.3 is 5.73 Å². The van der Waals surface area contributed by atoms with E-state index in [0.29, 0.717) is 6.04 Å². The van der Waals surface area contributed by atoms with Gasteiger partial charge in [-0.25, -0.2) is 0 Å². The van der Waals surface area contributed by atoms with E-state index in [-0.39, 0.29) is 0 Å². The van der Waals surface area contributed by atoms with E-state index in [1.807, 2.05) is 0 Å². The number of piperidine rings is 1. The van der Waals surface area contributed by atoms with Gasteiger partial charge in [0.15, 0.2) is 0 Å². The fourth-order valence-corrected chi connectivity index (χ4v) is 3.85. The van der Waals surface area contributed by atoms with Crippen LogP contribution in [0.4, 0.5) is 0 Å². The Balaban J connectivity index is 1.61. The van der Waals surface area contributed by atoms with Crippen molar-refractivity contribution in [2.45, 2.75) is 51.2 Å². The molecular formula is C18H29N3. The molecule has 116 valence electrons. The molecule has 21 heavy (non-hydrogen) atoms. The first-order valence-electron chi connectivity index (χ1n) is 8.52. The minimum atomic E-state index is 0.670. The molecule has 0 radical (unpaired) electrons. The molecule has 2 heterocycles. The van der Waals surface area contributed by atoms with Gasteiger partial charge >= 0.3 is 0 Å². The van der Waals surface area contributed by atoms with Gasteiger partial charge in [-0.05, 0) is 50.4 Å². The van der Waals surface area contributed by atoms with Gasteiger partial charge in [0, 0.05) is 31.7 Å². The molecule has 0 aromatic heterocycles. The Kier molecular flexibility index (Phi) is 4.94. The molecule has 1 aromatic rings. The van der Waals surface area contributed by atoms with Crippen molar-refractivity contribution in [2.75, 3.05) is 26.2 Å². The Morgan fingerprint density at radius 2 is 1.86 bits per heavy atom. The summed E-state index contributed by atoms with van der Waals surface area (Å²) >= 11 is 0. The highest BCUT2D eigenvalue weighted by atomic mass is 15.3. The van der Waals surface area contributed by atoms with Gasteiger partial charge in [0.25, 0.3) is 0 Å². The number of hydrogen-bond donors (Lipinski definition) is 1. The lowest BCUT2D eigenvalue weighted by molar-refractivity contribution is 0.0111. The summed E-state index contributed by atoms with van der Waals surface area (Å²) in [4.78, 5) is 5.39. The maximum atomic E-state index is 5.62. The number of hydrogen-bond acceptors (Lipinski definition) is 3. The van der Waals surface area contributed by atoms with Gasteiger partial charge in [-0.1, -0.05) is 30.7 Å². The maximum absolute atomic E-state index is 5.62. The van der Waals surface area contributed by atoms with Crippen molar-refractivity contribution in [3.8, 4) is 0 Å². The summed E-state index contributed by atoms with van der Waals surface area (Å²) in [5.41, 5.74) is 8.41. The van der Waals surface area contributed by atoms with Gasteiger partial charge in [-0.3, -0.25) is 9.80 Å². The largest absolute Gasteiger partial charge is 0.330 e. The molecule has 0 amide bonds. The van der Waals surface area contributed by atoms with E-state index in [1.54, 1.807) is 0 Å². The van der Waals surface area contributed by atoms with Crippen LogP contribution in [-0.2, 0) is 13.0 Å². The quantitative estimate of drug-likeness (QED) is 0.922. The van der Waals surface area contributed by atoms with E-state index in [1.165, 1.54) is 50.0 Å². The van der Waals surface area contributed by atoms with E-state index in [2.05, 4.69) is 41.0 Å². The Morgan fingerprint density at radius 1 is 1.10 bits per heavy atom. The van der Waals surface area contributed by atoms with Crippen LogP contribution < -0.4 is 5.73 Å². The highest BCUT2D eigenvalue weighted by Gasteiger charge is 2.32. The predicted molar refractivity (Wildman–Crippen MR) is 88.3 cm³/mol. The maximum Gasteiger partial charge on any atom is 0.0237 e. The predicted octanol–water partition coefficient (Wildman–Crippen LogP) is 2.25. The third-order valence-corrected chi connectivity index (χ3v) is 5.16. The molecule has 3 heteroatoms. The molecule has 2 fully saturated rings. The van der Waals surface area contributed by atoms with Crippen molar-refractivity contribution >= 4 is 0 Å². The van der Waals surface area contributed by atoms with Crippen LogP contribution in [0.2, 0.25) is 0 Å². The van der Waals surface area contributed by atoms with Gasteiger partial charge in [0.05, 0.1) is 0 Å². The van der Waals surface area contributed by atoms with Gasteiger partial charge in [0.2, 0.25) is 0 Å². The van der Waals surface area contributed by atoms with E-state index < -0.39 is 0 Å². The minimum Gasteiger partial charge on any atom is -0.330 e. The van der Waals surface area contributed by atoms with Crippen LogP contribution in [-0.4, -0.2) is 48.1 Å². The smallest absolute Gasteiger partial charge is 0.0237 e. The van der Waals surface area contributed by atoms with Crippen molar-refractivity contribution in [2.24, 2.45) is 5.73 Å². The monoisotopic (exact) mass is 287 g/mol. The van der Waals surface area contributed by atoms with Crippen molar-refractivity contribution in [1.82, 2.24) is 9.80 Å². The molecule has 0 aliphatic carbocycles. The molecule has 0 spiro atoms. The first-order chi connectivity index (χ1) is 10.3. The van der Waals surface area contributed by atoms with Crippen LogP contribution in [0.5, 0.6) is 0 Å². The van der Waals surface area contributed by atoms with E-state index in [4.69, 9.17) is 5.73 Å². The van der Waals surface area contributed by atoms with Crippen molar-refractivity contribution in [3.63, 3.8) is 0 Å². The second kappa shape index (κ2) is 6.91. The zero-order valence-electron chi connectivity index (χ0n) is 13.3. The Hall–Kier alpha value is -0.900. The molecule has 2 N–H and O–H groups in total. The lowest BCUT2D eigenvalue weighted by atomic mass is 9.96. The normalized spacial score (nSPS) is 27.5. The van der Waals surface area contributed by atoms with Crippen LogP contribution >= 0.6 is 0 Å². The second-order valence-electron chi connectivity index (χ2n) is 6.78. The average molecular weight is 287 g/mol. The number of benzene rings is 1. The van der Waals surface area contributed by atoms with Crippen LogP contribution in [0.25, 0.3) is 0 Å². The van der Waals surface area contributed by atoms with Crippen LogP contribution in [0, 0.1) is 0 Å². The fourth-order valence-electron chi connectivity index (χ4n) is 3.85. The summed E-state index contributed by atoms with van der Waals surface area (Å²) in [6, 6.07) is 10.5. The minimum absolute atomic E-state index is 0.670. The van der Waals surface area contributed by atoms with Gasteiger partial charge in [0.1, 0.15) is 0 Å². The molecule has 3 rings (SSSR count). The SMILES string of the molecule is CC1CN2CCCCC2CN1Cc1ccc(CCN)cc1. The molecule has 2 unspecified atom stereocenters. The highest BCUT2D eigenvalue weighted by molar-refractivity contribution is 5.23. The Labute approximate surface area is 129 Å². The summed E-state index contributed by atoms with van der Waals surface area (Å²) < 4.78 is 0. The Morgan fingerprint density at radius 3 is 2.62 bits per heavy atom. The zero-order chi connectivity index (χ0) is 14.7. The molecule has 2 aliphatic rings. The summed E-state index contributed by atoms with van der Waals surface area (Å²) in [6.07, 6.45) is 5.18. The number of nitrogens with two attached hydrogens (primary N) is 1. The number of rotatable bonds is 4. The molecule has 0 bridgehead atoms. The van der Waals surface area contributed by atoms with Crippen molar-refractivity contribution < 1.29 is 0 Å². The summed E-state index contributed by atoms with van der Waals surface area (Å²) in [5, 5.41) is 0. The summed E-state index contributed by atoms with van der Waals surface area (Å²) in [5.74, 6) is 0. The Bertz CT molecular complexity index is 442. The number of nitrogens with zero attached hydrogens (tertiary/aromatic N) is 2. The van der Waals surface area contributed by atoms with E-state index >= 15 is 0 Å². The van der Waals surface area contributed by atoms with Gasteiger partial charge in [-0.15, -0.1) is 0 Å². The summed E-state index contributed by atoms with van der Waals surface area (Å²) in [7, 11) is 0. The fraction of sp³-hybridized carbons (Fsp3) is 0.667. The highest BCUT2D eigenvalue weighted by Crippen LogP contribution is 2.25. The van der Waals surface area contributed by atoms with E-state index in [9.17, 15) is 0 Å². The lowest BCUT2D eigenvalue weighted by Gasteiger charge is -2.47.